The fraction of sp³-hybridized carbons (Fsp3) is 0.667. The molecule has 0 heterocycles. The minimum atomic E-state index is 0.0565. The highest BCUT2D eigenvalue weighted by Crippen LogP contribution is 2.34. The second-order valence-electron chi connectivity index (χ2n) is 15.9. The predicted molar refractivity (Wildman–Crippen MR) is 211 cm³/mol. The minimum Gasteiger partial charge on any atom is -0.378 e. The van der Waals surface area contributed by atoms with Gasteiger partial charge in [0.15, 0.2) is 0 Å². The molecule has 3 aliphatic carbocycles. The van der Waals surface area contributed by atoms with Crippen molar-refractivity contribution in [2.45, 2.75) is 128 Å². The predicted octanol–water partition coefficient (Wildman–Crippen LogP) is 10.2. The van der Waals surface area contributed by atoms with Crippen molar-refractivity contribution in [2.24, 2.45) is 11.8 Å². The zero-order valence-electron chi connectivity index (χ0n) is 31.7. The summed E-state index contributed by atoms with van der Waals surface area (Å²) >= 11 is 0. The van der Waals surface area contributed by atoms with Gasteiger partial charge in [-0.25, -0.2) is 9.59 Å². The summed E-state index contributed by atoms with van der Waals surface area (Å²) in [6.45, 7) is 1.66. The first-order chi connectivity index (χ1) is 24.3. The molecule has 4 amide bonds. The number of rotatable bonds is 10. The molecule has 2 aromatic carbocycles. The molecule has 8 heteroatoms. The quantitative estimate of drug-likeness (QED) is 0.261. The zero-order chi connectivity index (χ0) is 35.3. The number of anilines is 4. The van der Waals surface area contributed by atoms with Gasteiger partial charge in [-0.15, -0.1) is 0 Å². The lowest BCUT2D eigenvalue weighted by Crippen LogP contribution is -2.47. The van der Waals surface area contributed by atoms with Crippen molar-refractivity contribution in [3.63, 3.8) is 0 Å². The van der Waals surface area contributed by atoms with Gasteiger partial charge < -0.3 is 30.2 Å². The van der Waals surface area contributed by atoms with Crippen molar-refractivity contribution in [1.82, 2.24) is 9.80 Å². The Kier molecular flexibility index (Phi) is 14.6. The third-order valence-electron chi connectivity index (χ3n) is 11.7. The highest BCUT2D eigenvalue weighted by Gasteiger charge is 2.32. The lowest BCUT2D eigenvalue weighted by Gasteiger charge is -2.40. The fourth-order valence-electron chi connectivity index (χ4n) is 8.52. The van der Waals surface area contributed by atoms with E-state index in [1.165, 1.54) is 64.2 Å². The van der Waals surface area contributed by atoms with Crippen LogP contribution in [0.5, 0.6) is 0 Å². The first-order valence-electron chi connectivity index (χ1n) is 20.0. The molecule has 0 unspecified atom stereocenters. The molecule has 0 atom stereocenters. The summed E-state index contributed by atoms with van der Waals surface area (Å²) in [5, 5.41) is 6.54. The third-order valence-corrected chi connectivity index (χ3v) is 11.7. The molecule has 0 saturated heterocycles. The number of nitrogens with zero attached hydrogens (tertiary/aromatic N) is 4. The molecular weight excluding hydrogens is 621 g/mol. The number of urea groups is 2. The van der Waals surface area contributed by atoms with E-state index in [1.54, 1.807) is 0 Å². The van der Waals surface area contributed by atoms with Gasteiger partial charge in [0, 0.05) is 76.1 Å². The van der Waals surface area contributed by atoms with Crippen LogP contribution in [0, 0.1) is 11.8 Å². The second kappa shape index (κ2) is 19.3. The van der Waals surface area contributed by atoms with Crippen LogP contribution in [0.25, 0.3) is 0 Å². The van der Waals surface area contributed by atoms with E-state index < -0.39 is 0 Å². The van der Waals surface area contributed by atoms with Crippen molar-refractivity contribution in [3.8, 4) is 0 Å². The number of nitrogens with one attached hydrogen (secondary N) is 2. The summed E-state index contributed by atoms with van der Waals surface area (Å²) in [6, 6.07) is 17.1. The first kappa shape index (κ1) is 37.8. The molecule has 50 heavy (non-hydrogen) atoms. The molecule has 2 aromatic rings. The molecule has 3 aliphatic rings. The molecule has 0 radical (unpaired) electrons. The van der Waals surface area contributed by atoms with Crippen LogP contribution >= 0.6 is 0 Å². The van der Waals surface area contributed by atoms with Gasteiger partial charge in [-0.1, -0.05) is 64.2 Å². The van der Waals surface area contributed by atoms with Crippen LogP contribution in [0.4, 0.5) is 32.3 Å². The van der Waals surface area contributed by atoms with Crippen molar-refractivity contribution in [2.75, 3.05) is 61.7 Å². The Hall–Kier alpha value is -3.42. The smallest absolute Gasteiger partial charge is 0.322 e. The monoisotopic (exact) mass is 687 g/mol. The molecular formula is C42H66N6O2. The summed E-state index contributed by atoms with van der Waals surface area (Å²) in [5.74, 6) is 0.995. The van der Waals surface area contributed by atoms with E-state index in [0.29, 0.717) is 23.9 Å². The van der Waals surface area contributed by atoms with Gasteiger partial charge in [-0.05, 0) is 112 Å². The number of hydrogen-bond donors (Lipinski definition) is 2. The van der Waals surface area contributed by atoms with Crippen LogP contribution in [0.2, 0.25) is 0 Å². The molecule has 0 bridgehead atoms. The molecule has 5 rings (SSSR count). The molecule has 0 spiro atoms. The summed E-state index contributed by atoms with van der Waals surface area (Å²) in [7, 11) is 8.15. The zero-order valence-corrected chi connectivity index (χ0v) is 31.7. The maximum atomic E-state index is 14.0. The van der Waals surface area contributed by atoms with Gasteiger partial charge in [0.2, 0.25) is 0 Å². The van der Waals surface area contributed by atoms with Crippen molar-refractivity contribution < 1.29 is 9.59 Å². The average Bonchev–Trinajstić information content (AvgIpc) is 3.07. The van der Waals surface area contributed by atoms with Gasteiger partial charge in [-0.2, -0.15) is 0 Å². The number of hydrogen-bond acceptors (Lipinski definition) is 4. The third kappa shape index (κ3) is 11.3. The Balaban J connectivity index is 1.22. The number of carbonyl (C=O) groups is 2. The Morgan fingerprint density at radius 3 is 1.08 bits per heavy atom. The van der Waals surface area contributed by atoms with Gasteiger partial charge >= 0.3 is 12.1 Å². The first-order valence-corrected chi connectivity index (χ1v) is 20.0. The number of benzene rings is 2. The van der Waals surface area contributed by atoms with Crippen LogP contribution in [0.3, 0.4) is 0 Å². The van der Waals surface area contributed by atoms with Crippen LogP contribution in [0.15, 0.2) is 48.5 Å². The molecule has 3 saturated carbocycles. The maximum absolute atomic E-state index is 14.0. The summed E-state index contributed by atoms with van der Waals surface area (Å²) in [6.07, 6.45) is 21.4. The lowest BCUT2D eigenvalue weighted by molar-refractivity contribution is 0.121. The largest absolute Gasteiger partial charge is 0.378 e. The Morgan fingerprint density at radius 1 is 0.480 bits per heavy atom. The molecule has 0 aliphatic heterocycles. The summed E-state index contributed by atoms with van der Waals surface area (Å²) in [4.78, 5) is 36.5. The normalized spacial score (nSPS) is 21.1. The second-order valence-corrected chi connectivity index (χ2v) is 15.9. The van der Waals surface area contributed by atoms with Crippen LogP contribution in [-0.2, 0) is 0 Å². The van der Waals surface area contributed by atoms with Crippen molar-refractivity contribution >= 4 is 34.8 Å². The highest BCUT2D eigenvalue weighted by atomic mass is 16.2. The van der Waals surface area contributed by atoms with Crippen molar-refractivity contribution in [1.29, 1.82) is 0 Å². The summed E-state index contributed by atoms with van der Waals surface area (Å²) < 4.78 is 0. The minimum absolute atomic E-state index is 0.0565. The van der Waals surface area contributed by atoms with E-state index in [2.05, 4.69) is 54.5 Å². The Bertz CT molecular complexity index is 1190. The molecule has 8 nitrogen and oxygen atoms in total. The fourth-order valence-corrected chi connectivity index (χ4v) is 8.52. The average molecular weight is 687 g/mol. The van der Waals surface area contributed by atoms with Gasteiger partial charge in [-0.3, -0.25) is 0 Å². The Labute approximate surface area is 303 Å². The highest BCUT2D eigenvalue weighted by molar-refractivity contribution is 5.90. The molecule has 2 N–H and O–H groups in total. The van der Waals surface area contributed by atoms with Crippen LogP contribution in [-0.4, -0.2) is 75.2 Å². The number of amides is 4. The van der Waals surface area contributed by atoms with Crippen LogP contribution < -0.4 is 20.4 Å². The number of carbonyl (C=O) groups excluding carboxylic acids is 2. The lowest BCUT2D eigenvalue weighted by atomic mass is 9.80. The van der Waals surface area contributed by atoms with Crippen molar-refractivity contribution in [3.05, 3.63) is 48.5 Å². The van der Waals surface area contributed by atoms with E-state index >= 15 is 0 Å². The van der Waals surface area contributed by atoms with E-state index in [0.717, 1.165) is 87.2 Å². The molecule has 276 valence electrons. The van der Waals surface area contributed by atoms with Gasteiger partial charge in [0.25, 0.3) is 0 Å². The maximum Gasteiger partial charge on any atom is 0.322 e. The van der Waals surface area contributed by atoms with Gasteiger partial charge in [0.1, 0.15) is 0 Å². The van der Waals surface area contributed by atoms with E-state index in [-0.39, 0.29) is 12.1 Å². The van der Waals surface area contributed by atoms with E-state index in [9.17, 15) is 9.59 Å². The molecule has 3 fully saturated rings. The topological polar surface area (TPSA) is 71.2 Å². The van der Waals surface area contributed by atoms with E-state index in [1.807, 2.05) is 52.5 Å². The van der Waals surface area contributed by atoms with Gasteiger partial charge in [0.05, 0.1) is 0 Å². The SMILES string of the molecule is CN(C)c1ccc(NC(=O)N(C[C@H]2CC[C@@H](CN(C(=O)Nc3ccc(N(C)C)cc3)C3CCCCCCC3)CC2)C2CCCCCCC2)cc1. The molecule has 0 aromatic heterocycles. The standard InChI is InChI=1S/C42H66N6O2/c1-45(2)37-27-23-35(24-28-37)43-41(49)47(39-15-11-7-5-8-12-16-39)31-33-19-21-34(22-20-33)32-48(40-17-13-9-6-10-14-18-40)42(50)44-36-25-29-38(30-26-36)46(3)4/h23-30,33-34,39-40H,5-22,31-32H2,1-4H3,(H,43,49)(H,44,50)/t33-,34+. The Morgan fingerprint density at radius 2 is 0.780 bits per heavy atom. The summed E-state index contributed by atoms with van der Waals surface area (Å²) in [5.41, 5.74) is 3.98. The van der Waals surface area contributed by atoms with Crippen LogP contribution in [0.1, 0.15) is 116 Å². The van der Waals surface area contributed by atoms with E-state index in [4.69, 9.17) is 0 Å².